The van der Waals surface area contributed by atoms with E-state index in [9.17, 15) is 4.79 Å². The number of rotatable bonds is 10. The summed E-state index contributed by atoms with van der Waals surface area (Å²) in [5, 5.41) is 2.90. The van der Waals surface area contributed by atoms with Gasteiger partial charge in [-0.1, -0.05) is 42.5 Å². The fourth-order valence-corrected chi connectivity index (χ4v) is 3.45. The molecule has 0 spiro atoms. The molecule has 0 aromatic heterocycles. The predicted octanol–water partition coefficient (Wildman–Crippen LogP) is 4.49. The quantitative estimate of drug-likeness (QED) is 0.463. The van der Waals surface area contributed by atoms with E-state index < -0.39 is 0 Å². The van der Waals surface area contributed by atoms with Gasteiger partial charge in [-0.25, -0.2) is 0 Å². The first-order chi connectivity index (χ1) is 15.5. The molecule has 1 unspecified atom stereocenters. The normalized spacial score (nSPS) is 11.8. The van der Waals surface area contributed by atoms with Crippen molar-refractivity contribution in [3.8, 4) is 5.75 Å². The Morgan fingerprint density at radius 1 is 0.875 bits per heavy atom. The Bertz CT molecular complexity index is 994. The molecule has 0 aliphatic rings. The van der Waals surface area contributed by atoms with Crippen LogP contribution < -0.4 is 15.8 Å². The molecule has 0 bridgehead atoms. The zero-order valence-electron chi connectivity index (χ0n) is 19.1. The highest BCUT2D eigenvalue weighted by molar-refractivity contribution is 5.94. The smallest absolute Gasteiger partial charge is 0.251 e. The van der Waals surface area contributed by atoms with E-state index in [0.717, 1.165) is 28.0 Å². The lowest BCUT2D eigenvalue weighted by atomic mass is 10.00. The van der Waals surface area contributed by atoms with Crippen molar-refractivity contribution in [3.63, 3.8) is 0 Å². The molecule has 3 rings (SSSR count). The van der Waals surface area contributed by atoms with Crippen molar-refractivity contribution in [1.29, 1.82) is 0 Å². The van der Waals surface area contributed by atoms with Crippen LogP contribution >= 0.6 is 0 Å². The number of nitrogens with two attached hydrogens (primary N) is 1. The highest BCUT2D eigenvalue weighted by atomic mass is 16.5. The molecule has 168 valence electrons. The number of nitrogens with one attached hydrogen (secondary N) is 1. The lowest BCUT2D eigenvalue weighted by molar-refractivity contribution is 0.0866. The minimum absolute atomic E-state index is 0.0788. The third-order valence-electron chi connectivity index (χ3n) is 5.62. The Kier molecular flexibility index (Phi) is 8.42. The van der Waals surface area contributed by atoms with E-state index in [1.54, 1.807) is 0 Å². The fourth-order valence-electron chi connectivity index (χ4n) is 3.45. The van der Waals surface area contributed by atoms with Crippen LogP contribution in [0.25, 0.3) is 0 Å². The molecule has 0 saturated carbocycles. The second-order valence-electron chi connectivity index (χ2n) is 7.91. The molecule has 5 nitrogen and oxygen atoms in total. The number of amides is 1. The van der Waals surface area contributed by atoms with E-state index >= 15 is 0 Å². The van der Waals surface area contributed by atoms with Gasteiger partial charge < -0.3 is 20.5 Å². The van der Waals surface area contributed by atoms with Gasteiger partial charge in [0.1, 0.15) is 12.4 Å². The van der Waals surface area contributed by atoms with Crippen LogP contribution in [0.4, 0.5) is 0 Å². The molecule has 5 heteroatoms. The van der Waals surface area contributed by atoms with Gasteiger partial charge in [-0.2, -0.15) is 0 Å². The predicted molar refractivity (Wildman–Crippen MR) is 128 cm³/mol. The monoisotopic (exact) mass is 432 g/mol. The summed E-state index contributed by atoms with van der Waals surface area (Å²) in [7, 11) is 0. The summed E-state index contributed by atoms with van der Waals surface area (Å²) in [4.78, 5) is 12.3. The van der Waals surface area contributed by atoms with E-state index in [1.165, 1.54) is 5.56 Å². The van der Waals surface area contributed by atoms with Crippen LogP contribution in [-0.2, 0) is 4.74 Å². The molecule has 1 amide bonds. The molecule has 0 heterocycles. The van der Waals surface area contributed by atoms with Gasteiger partial charge in [0.05, 0.1) is 19.3 Å². The van der Waals surface area contributed by atoms with Gasteiger partial charge in [-0.3, -0.25) is 4.79 Å². The van der Waals surface area contributed by atoms with Crippen molar-refractivity contribution in [3.05, 3.63) is 100 Å². The zero-order chi connectivity index (χ0) is 22.9. The van der Waals surface area contributed by atoms with Crippen LogP contribution in [0.2, 0.25) is 0 Å². The molecule has 0 aliphatic heterocycles. The number of aryl methyl sites for hydroxylation is 2. The number of carbonyl (C=O) groups is 1. The Balaban J connectivity index is 1.33. The SMILES string of the molecule is Cc1cc(C(=O)NCCOCCOc2ccc(C(N)c3ccccc3)cc2)cc(C)c1C. The second-order valence-corrected chi connectivity index (χ2v) is 7.91. The van der Waals surface area contributed by atoms with E-state index in [1.807, 2.05) is 80.6 Å². The Hall–Kier alpha value is -3.15. The molecule has 3 aromatic rings. The minimum atomic E-state index is -0.156. The summed E-state index contributed by atoms with van der Waals surface area (Å²) in [6.45, 7) is 7.88. The topological polar surface area (TPSA) is 73.6 Å². The molecule has 0 aliphatic carbocycles. The standard InChI is InChI=1S/C27H32N2O3/c1-19-17-24(18-20(2)21(19)3)27(30)29-13-14-31-15-16-32-25-11-9-23(10-12-25)26(28)22-7-5-4-6-8-22/h4-12,17-18,26H,13-16,28H2,1-3H3,(H,29,30). The number of carbonyl (C=O) groups excluding carboxylic acids is 1. The zero-order valence-corrected chi connectivity index (χ0v) is 19.1. The second kappa shape index (κ2) is 11.5. The Labute approximate surface area is 190 Å². The van der Waals surface area contributed by atoms with E-state index in [-0.39, 0.29) is 11.9 Å². The van der Waals surface area contributed by atoms with Gasteiger partial charge in [-0.05, 0) is 72.9 Å². The first kappa shape index (κ1) is 23.5. The number of hydrogen-bond donors (Lipinski definition) is 2. The van der Waals surface area contributed by atoms with Gasteiger partial charge in [0.2, 0.25) is 0 Å². The average molecular weight is 433 g/mol. The Morgan fingerprint density at radius 2 is 1.50 bits per heavy atom. The van der Waals surface area contributed by atoms with Crippen molar-refractivity contribution in [2.75, 3.05) is 26.4 Å². The van der Waals surface area contributed by atoms with E-state index in [0.29, 0.717) is 31.9 Å². The molecular weight excluding hydrogens is 400 g/mol. The van der Waals surface area contributed by atoms with Gasteiger partial charge in [0, 0.05) is 12.1 Å². The van der Waals surface area contributed by atoms with Crippen molar-refractivity contribution >= 4 is 5.91 Å². The van der Waals surface area contributed by atoms with Crippen molar-refractivity contribution in [2.24, 2.45) is 5.73 Å². The minimum Gasteiger partial charge on any atom is -0.491 e. The third-order valence-corrected chi connectivity index (χ3v) is 5.62. The lowest BCUT2D eigenvalue weighted by Gasteiger charge is -2.13. The molecule has 0 radical (unpaired) electrons. The molecule has 0 saturated heterocycles. The summed E-state index contributed by atoms with van der Waals surface area (Å²) in [5.41, 5.74) is 12.6. The summed E-state index contributed by atoms with van der Waals surface area (Å²) in [6, 6.07) is 21.5. The third kappa shape index (κ3) is 6.42. The highest BCUT2D eigenvalue weighted by Gasteiger charge is 2.09. The van der Waals surface area contributed by atoms with E-state index in [4.69, 9.17) is 15.2 Å². The molecule has 1 atom stereocenters. The summed E-state index contributed by atoms with van der Waals surface area (Å²) in [6.07, 6.45) is 0. The number of ether oxygens (including phenoxy) is 2. The van der Waals surface area contributed by atoms with Crippen LogP contribution in [0.1, 0.15) is 44.2 Å². The van der Waals surface area contributed by atoms with Crippen molar-refractivity contribution in [2.45, 2.75) is 26.8 Å². The molecule has 0 fully saturated rings. The maximum absolute atomic E-state index is 12.3. The summed E-state index contributed by atoms with van der Waals surface area (Å²) in [5.74, 6) is 0.695. The number of hydrogen-bond acceptors (Lipinski definition) is 4. The molecule has 32 heavy (non-hydrogen) atoms. The van der Waals surface area contributed by atoms with E-state index in [2.05, 4.69) is 12.2 Å². The van der Waals surface area contributed by atoms with Gasteiger partial charge in [0.25, 0.3) is 5.91 Å². The van der Waals surface area contributed by atoms with Gasteiger partial charge in [-0.15, -0.1) is 0 Å². The van der Waals surface area contributed by atoms with Crippen molar-refractivity contribution in [1.82, 2.24) is 5.32 Å². The average Bonchev–Trinajstić information content (AvgIpc) is 2.82. The van der Waals surface area contributed by atoms with Crippen LogP contribution in [-0.4, -0.2) is 32.3 Å². The number of benzene rings is 3. The van der Waals surface area contributed by atoms with Crippen LogP contribution in [0.15, 0.2) is 66.7 Å². The lowest BCUT2D eigenvalue weighted by Crippen LogP contribution is -2.28. The molecule has 3 aromatic carbocycles. The van der Waals surface area contributed by atoms with Gasteiger partial charge >= 0.3 is 0 Å². The first-order valence-electron chi connectivity index (χ1n) is 10.9. The Morgan fingerprint density at radius 3 is 2.16 bits per heavy atom. The maximum atomic E-state index is 12.3. The van der Waals surface area contributed by atoms with Gasteiger partial charge in [0.15, 0.2) is 0 Å². The summed E-state index contributed by atoms with van der Waals surface area (Å²) >= 11 is 0. The van der Waals surface area contributed by atoms with Crippen molar-refractivity contribution < 1.29 is 14.3 Å². The highest BCUT2D eigenvalue weighted by Crippen LogP contribution is 2.22. The molecule has 3 N–H and O–H groups in total. The first-order valence-corrected chi connectivity index (χ1v) is 10.9. The van der Waals surface area contributed by atoms with Crippen LogP contribution in [0.3, 0.4) is 0 Å². The maximum Gasteiger partial charge on any atom is 0.251 e. The van der Waals surface area contributed by atoms with Crippen LogP contribution in [0.5, 0.6) is 5.75 Å². The molecular formula is C27H32N2O3. The largest absolute Gasteiger partial charge is 0.491 e. The fraction of sp³-hybridized carbons (Fsp3) is 0.296. The summed E-state index contributed by atoms with van der Waals surface area (Å²) < 4.78 is 11.3. The van der Waals surface area contributed by atoms with Crippen LogP contribution in [0, 0.1) is 20.8 Å².